The summed E-state index contributed by atoms with van der Waals surface area (Å²) in [4.78, 5) is 7.14. The summed E-state index contributed by atoms with van der Waals surface area (Å²) in [7, 11) is 3.85. The van der Waals surface area contributed by atoms with Crippen LogP contribution in [0.5, 0.6) is 5.75 Å². The number of nitrogens with one attached hydrogen (secondary N) is 1. The number of hydrogen-bond donors (Lipinski definition) is 1. The molecule has 138 valence electrons. The first-order valence-electron chi connectivity index (χ1n) is 9.57. The summed E-state index contributed by atoms with van der Waals surface area (Å²) >= 11 is 0. The minimum absolute atomic E-state index is 0.887. The number of rotatable bonds is 6. The highest BCUT2D eigenvalue weighted by atomic mass is 16.5. The van der Waals surface area contributed by atoms with Crippen LogP contribution < -0.4 is 10.1 Å². The van der Waals surface area contributed by atoms with Gasteiger partial charge in [-0.25, -0.2) is 4.98 Å². The number of para-hydroxylation sites is 1. The van der Waals surface area contributed by atoms with Crippen molar-refractivity contribution in [2.75, 3.05) is 38.6 Å². The van der Waals surface area contributed by atoms with Gasteiger partial charge in [-0.15, -0.1) is 0 Å². The molecule has 0 radical (unpaired) electrons. The van der Waals surface area contributed by atoms with Crippen LogP contribution in [0.15, 0.2) is 42.6 Å². The lowest BCUT2D eigenvalue weighted by Gasteiger charge is -2.13. The minimum Gasteiger partial charge on any atom is -0.496 e. The largest absolute Gasteiger partial charge is 0.496 e. The van der Waals surface area contributed by atoms with E-state index >= 15 is 0 Å². The van der Waals surface area contributed by atoms with Crippen molar-refractivity contribution in [2.45, 2.75) is 6.42 Å². The second-order valence-electron chi connectivity index (χ2n) is 7.25. The van der Waals surface area contributed by atoms with Gasteiger partial charge in [-0.1, -0.05) is 18.2 Å². The van der Waals surface area contributed by atoms with E-state index in [4.69, 9.17) is 9.72 Å². The van der Waals surface area contributed by atoms with Crippen molar-refractivity contribution in [3.05, 3.63) is 42.6 Å². The van der Waals surface area contributed by atoms with Crippen molar-refractivity contribution >= 4 is 38.4 Å². The summed E-state index contributed by atoms with van der Waals surface area (Å²) in [5, 5.41) is 8.33. The Kier molecular flexibility index (Phi) is 3.90. The maximum atomic E-state index is 5.73. The fraction of sp³-hybridized carbons (Fsp3) is 0.318. The number of anilines is 1. The zero-order valence-corrected chi connectivity index (χ0v) is 15.8. The molecule has 1 aliphatic rings. The summed E-state index contributed by atoms with van der Waals surface area (Å²) in [6, 6.07) is 12.7. The second-order valence-corrected chi connectivity index (χ2v) is 7.25. The molecule has 0 aliphatic carbocycles. The summed E-state index contributed by atoms with van der Waals surface area (Å²) < 4.78 is 7.97. The highest BCUT2D eigenvalue weighted by molar-refractivity contribution is 6.24. The van der Waals surface area contributed by atoms with Crippen LogP contribution in [0, 0.1) is 0 Å². The van der Waals surface area contributed by atoms with Gasteiger partial charge in [0.05, 0.1) is 12.6 Å². The topological polar surface area (TPSA) is 42.1 Å². The molecule has 0 amide bonds. The van der Waals surface area contributed by atoms with Crippen molar-refractivity contribution in [2.24, 2.45) is 7.05 Å². The second kappa shape index (κ2) is 6.43. The van der Waals surface area contributed by atoms with Crippen LogP contribution in [-0.4, -0.2) is 47.7 Å². The third-order valence-corrected chi connectivity index (χ3v) is 5.59. The third-order valence-electron chi connectivity index (χ3n) is 5.59. The van der Waals surface area contributed by atoms with Crippen molar-refractivity contribution in [1.82, 2.24) is 14.5 Å². The molecule has 0 atom stereocenters. The molecule has 0 saturated carbocycles. The van der Waals surface area contributed by atoms with Gasteiger partial charge in [-0.2, -0.15) is 0 Å². The molecule has 0 unspecified atom stereocenters. The molecular formula is C22H24N4O. The Morgan fingerprint density at radius 3 is 2.74 bits per heavy atom. The van der Waals surface area contributed by atoms with Gasteiger partial charge in [0, 0.05) is 66.0 Å². The molecule has 3 heterocycles. The Morgan fingerprint density at radius 2 is 1.93 bits per heavy atom. The normalized spacial score (nSPS) is 14.3. The number of ether oxygens (including phenoxy) is 1. The van der Waals surface area contributed by atoms with Crippen LogP contribution in [-0.2, 0) is 7.05 Å². The first-order chi connectivity index (χ1) is 13.3. The summed E-state index contributed by atoms with van der Waals surface area (Å²) in [6.07, 6.45) is 3.00. The zero-order valence-electron chi connectivity index (χ0n) is 15.8. The average molecular weight is 360 g/mol. The molecule has 1 N–H and O–H groups in total. The fourth-order valence-corrected chi connectivity index (χ4v) is 4.07. The molecule has 1 saturated heterocycles. The predicted molar refractivity (Wildman–Crippen MR) is 112 cm³/mol. The number of benzene rings is 2. The Hall–Kier alpha value is -2.79. The highest BCUT2D eigenvalue weighted by Crippen LogP contribution is 2.41. The molecule has 2 aromatic carbocycles. The van der Waals surface area contributed by atoms with Crippen LogP contribution >= 0.6 is 0 Å². The van der Waals surface area contributed by atoms with Crippen molar-refractivity contribution < 1.29 is 4.74 Å². The maximum Gasteiger partial charge on any atom is 0.134 e. The van der Waals surface area contributed by atoms with Crippen molar-refractivity contribution in [3.8, 4) is 5.75 Å². The van der Waals surface area contributed by atoms with Crippen LogP contribution in [0.1, 0.15) is 6.42 Å². The number of hydrogen-bond acceptors (Lipinski definition) is 4. The average Bonchev–Trinajstić information content (AvgIpc) is 3.49. The number of aryl methyl sites for hydroxylation is 1. The molecule has 0 spiro atoms. The minimum atomic E-state index is 0.887. The molecule has 5 heteroatoms. The summed E-state index contributed by atoms with van der Waals surface area (Å²) in [6.45, 7) is 4.58. The molecule has 1 fully saturated rings. The lowest BCUT2D eigenvalue weighted by molar-refractivity contribution is 0.420. The first-order valence-corrected chi connectivity index (χ1v) is 9.57. The Bertz CT molecular complexity index is 1140. The van der Waals surface area contributed by atoms with E-state index in [9.17, 15) is 0 Å². The van der Waals surface area contributed by atoms with Gasteiger partial charge in [0.1, 0.15) is 11.6 Å². The third kappa shape index (κ3) is 2.70. The van der Waals surface area contributed by atoms with E-state index in [-0.39, 0.29) is 0 Å². The van der Waals surface area contributed by atoms with Gasteiger partial charge in [0.15, 0.2) is 0 Å². The SMILES string of the molecule is COc1cc2c(c3ccccc3n2C)c2c(NCCCN3CC3)nccc12. The van der Waals surface area contributed by atoms with Crippen LogP contribution in [0.2, 0.25) is 0 Å². The van der Waals surface area contributed by atoms with E-state index in [0.717, 1.165) is 41.9 Å². The predicted octanol–water partition coefficient (Wildman–Crippen LogP) is 4.01. The molecule has 1 aliphatic heterocycles. The number of pyridine rings is 1. The Morgan fingerprint density at radius 1 is 1.07 bits per heavy atom. The van der Waals surface area contributed by atoms with Gasteiger partial charge in [-0.05, 0) is 25.1 Å². The van der Waals surface area contributed by atoms with Gasteiger partial charge in [0.25, 0.3) is 0 Å². The van der Waals surface area contributed by atoms with Crippen molar-refractivity contribution in [1.29, 1.82) is 0 Å². The standard InChI is InChI=1S/C22H24N4O/c1-25-17-7-4-3-6-15(17)20-18(25)14-19(27-2)16-8-10-24-22(21(16)20)23-9-5-11-26-12-13-26/h3-4,6-8,10,14H,5,9,11-13H2,1-2H3,(H,23,24). The van der Waals surface area contributed by atoms with Gasteiger partial charge < -0.3 is 19.5 Å². The van der Waals surface area contributed by atoms with Gasteiger partial charge in [0.2, 0.25) is 0 Å². The van der Waals surface area contributed by atoms with E-state index in [2.05, 4.69) is 58.2 Å². The molecule has 0 bridgehead atoms. The molecule has 4 aromatic rings. The van der Waals surface area contributed by atoms with E-state index in [1.807, 2.05) is 6.20 Å². The fourth-order valence-electron chi connectivity index (χ4n) is 4.07. The quantitative estimate of drug-likeness (QED) is 0.417. The van der Waals surface area contributed by atoms with E-state index in [1.165, 1.54) is 34.9 Å². The summed E-state index contributed by atoms with van der Waals surface area (Å²) in [5.41, 5.74) is 2.39. The van der Waals surface area contributed by atoms with Crippen LogP contribution in [0.25, 0.3) is 32.6 Å². The molecule has 5 nitrogen and oxygen atoms in total. The number of aromatic nitrogens is 2. The lowest BCUT2D eigenvalue weighted by Crippen LogP contribution is -2.09. The number of fused-ring (bicyclic) bond motifs is 5. The van der Waals surface area contributed by atoms with Crippen LogP contribution in [0.3, 0.4) is 0 Å². The molecule has 5 rings (SSSR count). The Balaban J connectivity index is 1.72. The molecule has 27 heavy (non-hydrogen) atoms. The van der Waals surface area contributed by atoms with E-state index < -0.39 is 0 Å². The molecule has 2 aromatic heterocycles. The van der Waals surface area contributed by atoms with Crippen LogP contribution in [0.4, 0.5) is 5.82 Å². The number of methoxy groups -OCH3 is 1. The van der Waals surface area contributed by atoms with Crippen molar-refractivity contribution in [3.63, 3.8) is 0 Å². The van der Waals surface area contributed by atoms with Gasteiger partial charge in [-0.3, -0.25) is 0 Å². The number of nitrogens with zero attached hydrogens (tertiary/aromatic N) is 3. The molecular weight excluding hydrogens is 336 g/mol. The highest BCUT2D eigenvalue weighted by Gasteiger charge is 2.18. The Labute approximate surface area is 158 Å². The zero-order chi connectivity index (χ0) is 18.4. The first kappa shape index (κ1) is 16.4. The lowest BCUT2D eigenvalue weighted by atomic mass is 10.0. The monoisotopic (exact) mass is 360 g/mol. The summed E-state index contributed by atoms with van der Waals surface area (Å²) in [5.74, 6) is 1.83. The van der Waals surface area contributed by atoms with Gasteiger partial charge >= 0.3 is 0 Å². The maximum absolute atomic E-state index is 5.73. The van der Waals surface area contributed by atoms with E-state index in [0.29, 0.717) is 0 Å². The smallest absolute Gasteiger partial charge is 0.134 e. The van der Waals surface area contributed by atoms with E-state index in [1.54, 1.807) is 7.11 Å².